The van der Waals surface area contributed by atoms with E-state index in [1.807, 2.05) is 25.1 Å². The summed E-state index contributed by atoms with van der Waals surface area (Å²) in [6.07, 6.45) is 4.20. The minimum Gasteiger partial charge on any atom is -0.345 e. The van der Waals surface area contributed by atoms with Gasteiger partial charge in [0.15, 0.2) is 0 Å². The molecule has 2 nitrogen and oxygen atoms in total. The molecule has 0 radical (unpaired) electrons. The van der Waals surface area contributed by atoms with Crippen LogP contribution in [-0.2, 0) is 0 Å². The van der Waals surface area contributed by atoms with Crippen molar-refractivity contribution >= 4 is 33.4 Å². The Kier molecular flexibility index (Phi) is 5.14. The maximum absolute atomic E-state index is 12.5. The van der Waals surface area contributed by atoms with Gasteiger partial charge in [0, 0.05) is 15.9 Å². The van der Waals surface area contributed by atoms with Crippen molar-refractivity contribution in [3.63, 3.8) is 0 Å². The second-order valence-electron chi connectivity index (χ2n) is 6.01. The van der Waals surface area contributed by atoms with Crippen molar-refractivity contribution in [1.82, 2.24) is 5.32 Å². The van der Waals surface area contributed by atoms with Gasteiger partial charge in [0.25, 0.3) is 5.91 Å². The zero-order valence-corrected chi connectivity index (χ0v) is 14.4. The molecule has 0 aliphatic heterocycles. The highest BCUT2D eigenvalue weighted by Crippen LogP contribution is 2.33. The SMILES string of the molecule is Cc1cc(Br)ccc1C(=O)NC1(CCl)CCC(C)CC1. The zero-order chi connectivity index (χ0) is 14.8. The average molecular weight is 359 g/mol. The Hall–Kier alpha value is -0.540. The van der Waals surface area contributed by atoms with E-state index in [-0.39, 0.29) is 11.4 Å². The van der Waals surface area contributed by atoms with E-state index in [0.29, 0.717) is 5.88 Å². The smallest absolute Gasteiger partial charge is 0.252 e. The molecular weight excluding hydrogens is 338 g/mol. The highest BCUT2D eigenvalue weighted by atomic mass is 79.9. The number of rotatable bonds is 3. The lowest BCUT2D eigenvalue weighted by Gasteiger charge is -2.38. The van der Waals surface area contributed by atoms with Crippen LogP contribution in [0.4, 0.5) is 0 Å². The Morgan fingerprint density at radius 3 is 2.65 bits per heavy atom. The third kappa shape index (κ3) is 3.56. The van der Waals surface area contributed by atoms with E-state index in [4.69, 9.17) is 11.6 Å². The van der Waals surface area contributed by atoms with Gasteiger partial charge in [0.1, 0.15) is 0 Å². The average Bonchev–Trinajstić information content (AvgIpc) is 2.41. The third-order valence-electron chi connectivity index (χ3n) is 4.30. The first kappa shape index (κ1) is 15.8. The van der Waals surface area contributed by atoms with E-state index in [0.717, 1.165) is 47.2 Å². The van der Waals surface area contributed by atoms with Crippen LogP contribution < -0.4 is 5.32 Å². The zero-order valence-electron chi connectivity index (χ0n) is 12.0. The molecule has 1 N–H and O–H groups in total. The first-order valence-corrected chi connectivity index (χ1v) is 8.43. The van der Waals surface area contributed by atoms with E-state index in [2.05, 4.69) is 28.2 Å². The van der Waals surface area contributed by atoms with E-state index in [1.54, 1.807) is 0 Å². The van der Waals surface area contributed by atoms with E-state index < -0.39 is 0 Å². The lowest BCUT2D eigenvalue weighted by molar-refractivity contribution is 0.0871. The van der Waals surface area contributed by atoms with Crippen LogP contribution in [0, 0.1) is 12.8 Å². The molecule has 2 rings (SSSR count). The van der Waals surface area contributed by atoms with Gasteiger partial charge in [0.05, 0.1) is 5.54 Å². The summed E-state index contributed by atoms with van der Waals surface area (Å²) >= 11 is 9.58. The summed E-state index contributed by atoms with van der Waals surface area (Å²) in [6, 6.07) is 5.73. The Morgan fingerprint density at radius 1 is 1.45 bits per heavy atom. The fraction of sp³-hybridized carbons (Fsp3) is 0.562. The van der Waals surface area contributed by atoms with Crippen LogP contribution in [0.5, 0.6) is 0 Å². The van der Waals surface area contributed by atoms with Crippen LogP contribution in [0.1, 0.15) is 48.5 Å². The predicted octanol–water partition coefficient (Wildman–Crippen LogP) is 4.68. The second kappa shape index (κ2) is 6.48. The van der Waals surface area contributed by atoms with Crippen LogP contribution in [0.3, 0.4) is 0 Å². The number of alkyl halides is 1. The fourth-order valence-electron chi connectivity index (χ4n) is 2.80. The molecule has 1 saturated carbocycles. The van der Waals surface area contributed by atoms with Gasteiger partial charge in [-0.15, -0.1) is 11.6 Å². The first-order valence-electron chi connectivity index (χ1n) is 7.10. The molecular formula is C16H21BrClNO. The topological polar surface area (TPSA) is 29.1 Å². The van der Waals surface area contributed by atoms with Crippen molar-refractivity contribution in [2.75, 3.05) is 5.88 Å². The van der Waals surface area contributed by atoms with Gasteiger partial charge in [0.2, 0.25) is 0 Å². The lowest BCUT2D eigenvalue weighted by atomic mass is 9.78. The number of amides is 1. The predicted molar refractivity (Wildman–Crippen MR) is 87.4 cm³/mol. The molecule has 0 spiro atoms. The molecule has 0 bridgehead atoms. The number of hydrogen-bond donors (Lipinski definition) is 1. The maximum Gasteiger partial charge on any atom is 0.252 e. The van der Waals surface area contributed by atoms with Gasteiger partial charge in [-0.25, -0.2) is 0 Å². The van der Waals surface area contributed by atoms with E-state index in [1.165, 1.54) is 0 Å². The third-order valence-corrected chi connectivity index (χ3v) is 5.30. The standard InChI is InChI=1S/C16H21BrClNO/c1-11-5-7-16(10-18,8-6-11)19-15(20)14-4-3-13(17)9-12(14)2/h3-4,9,11H,5-8,10H2,1-2H3,(H,19,20). The molecule has 1 aromatic carbocycles. The van der Waals surface area contributed by atoms with Crippen molar-refractivity contribution in [1.29, 1.82) is 0 Å². The molecule has 0 atom stereocenters. The number of aryl methyl sites for hydroxylation is 1. The Morgan fingerprint density at radius 2 is 2.10 bits per heavy atom. The minimum absolute atomic E-state index is 0.00907. The number of carbonyl (C=O) groups excluding carboxylic acids is 1. The summed E-state index contributed by atoms with van der Waals surface area (Å²) in [7, 11) is 0. The normalized spacial score (nSPS) is 26.3. The summed E-state index contributed by atoms with van der Waals surface area (Å²) in [4.78, 5) is 12.5. The summed E-state index contributed by atoms with van der Waals surface area (Å²) in [5.74, 6) is 1.21. The van der Waals surface area contributed by atoms with Gasteiger partial charge >= 0.3 is 0 Å². The summed E-state index contributed by atoms with van der Waals surface area (Å²) in [5.41, 5.74) is 1.48. The van der Waals surface area contributed by atoms with Crippen molar-refractivity contribution in [3.8, 4) is 0 Å². The molecule has 1 aromatic rings. The van der Waals surface area contributed by atoms with Crippen molar-refractivity contribution in [2.24, 2.45) is 5.92 Å². The molecule has 0 heterocycles. The molecule has 20 heavy (non-hydrogen) atoms. The highest BCUT2D eigenvalue weighted by Gasteiger charge is 2.35. The van der Waals surface area contributed by atoms with Crippen LogP contribution in [0.2, 0.25) is 0 Å². The molecule has 1 fully saturated rings. The molecule has 0 aromatic heterocycles. The largest absolute Gasteiger partial charge is 0.345 e. The van der Waals surface area contributed by atoms with Gasteiger partial charge in [-0.3, -0.25) is 4.79 Å². The Balaban J connectivity index is 2.13. The maximum atomic E-state index is 12.5. The number of carbonyl (C=O) groups is 1. The van der Waals surface area contributed by atoms with Crippen molar-refractivity contribution in [3.05, 3.63) is 33.8 Å². The molecule has 0 unspecified atom stereocenters. The Labute approximate surface area is 134 Å². The van der Waals surface area contributed by atoms with Gasteiger partial charge in [-0.2, -0.15) is 0 Å². The van der Waals surface area contributed by atoms with Gasteiger partial charge < -0.3 is 5.32 Å². The quantitative estimate of drug-likeness (QED) is 0.781. The van der Waals surface area contributed by atoms with Gasteiger partial charge in [-0.1, -0.05) is 22.9 Å². The summed E-state index contributed by atoms with van der Waals surface area (Å²) in [5, 5.41) is 3.19. The second-order valence-corrected chi connectivity index (χ2v) is 7.19. The fourth-order valence-corrected chi connectivity index (χ4v) is 3.61. The van der Waals surface area contributed by atoms with E-state index in [9.17, 15) is 4.79 Å². The van der Waals surface area contributed by atoms with Crippen LogP contribution in [-0.4, -0.2) is 17.3 Å². The summed E-state index contributed by atoms with van der Waals surface area (Å²) in [6.45, 7) is 4.22. The molecule has 110 valence electrons. The molecule has 1 aliphatic carbocycles. The van der Waals surface area contributed by atoms with Gasteiger partial charge in [-0.05, 0) is 62.3 Å². The lowest BCUT2D eigenvalue weighted by Crippen LogP contribution is -2.52. The molecule has 0 saturated heterocycles. The number of benzene rings is 1. The number of nitrogens with one attached hydrogen (secondary N) is 1. The van der Waals surface area contributed by atoms with Crippen LogP contribution in [0.25, 0.3) is 0 Å². The molecule has 1 amide bonds. The first-order chi connectivity index (χ1) is 9.46. The Bertz CT molecular complexity index is 495. The van der Waals surface area contributed by atoms with Crippen LogP contribution in [0.15, 0.2) is 22.7 Å². The monoisotopic (exact) mass is 357 g/mol. The highest BCUT2D eigenvalue weighted by molar-refractivity contribution is 9.10. The summed E-state index contributed by atoms with van der Waals surface area (Å²) < 4.78 is 0.991. The van der Waals surface area contributed by atoms with E-state index >= 15 is 0 Å². The van der Waals surface area contributed by atoms with Crippen LogP contribution >= 0.6 is 27.5 Å². The number of hydrogen-bond acceptors (Lipinski definition) is 1. The minimum atomic E-state index is -0.231. The molecule has 1 aliphatic rings. The molecule has 4 heteroatoms. The van der Waals surface area contributed by atoms with Crippen molar-refractivity contribution in [2.45, 2.75) is 45.1 Å². The van der Waals surface area contributed by atoms with Crippen molar-refractivity contribution < 1.29 is 4.79 Å². The number of halogens is 2.